The zero-order valence-corrected chi connectivity index (χ0v) is 10.9. The van der Waals surface area contributed by atoms with Crippen LogP contribution in [-0.2, 0) is 14.6 Å². The number of sulfone groups is 1. The summed E-state index contributed by atoms with van der Waals surface area (Å²) in [5, 5.41) is 9.97. The Bertz CT molecular complexity index is 299. The highest BCUT2D eigenvalue weighted by Gasteiger charge is 2.32. The fourth-order valence-corrected chi connectivity index (χ4v) is 2.99. The summed E-state index contributed by atoms with van der Waals surface area (Å²) < 4.78 is 27.4. The fourth-order valence-electron chi connectivity index (χ4n) is 2.29. The Morgan fingerprint density at radius 2 is 2.19 bits per heavy atom. The molecular weight excluding hydrogens is 228 g/mol. The standard InChI is InChI=1S/C11H22O4S/c1-3-11-9(6-7-15-11)10(12)5-4-8-16(2,13)14/h9-12H,3-8H2,1-2H3. The summed E-state index contributed by atoms with van der Waals surface area (Å²) in [6.45, 7) is 2.76. The van der Waals surface area contributed by atoms with Gasteiger partial charge in [0.05, 0.1) is 12.2 Å². The molecule has 1 aliphatic rings. The second-order valence-corrected chi connectivity index (χ2v) is 6.87. The first-order valence-electron chi connectivity index (χ1n) is 5.91. The molecule has 3 unspecified atom stereocenters. The molecule has 0 spiro atoms. The largest absolute Gasteiger partial charge is 0.393 e. The minimum atomic E-state index is -2.90. The third-order valence-electron chi connectivity index (χ3n) is 3.17. The highest BCUT2D eigenvalue weighted by atomic mass is 32.2. The van der Waals surface area contributed by atoms with Crippen LogP contribution in [0.2, 0.25) is 0 Å². The lowest BCUT2D eigenvalue weighted by Gasteiger charge is -2.22. The van der Waals surface area contributed by atoms with Gasteiger partial charge in [-0.05, 0) is 25.7 Å². The Kier molecular flexibility index (Phi) is 5.21. The maximum absolute atomic E-state index is 10.9. The summed E-state index contributed by atoms with van der Waals surface area (Å²) in [4.78, 5) is 0. The SMILES string of the molecule is CCC1OCCC1C(O)CCCS(C)(=O)=O. The van der Waals surface area contributed by atoms with Crippen LogP contribution in [0.3, 0.4) is 0 Å². The summed E-state index contributed by atoms with van der Waals surface area (Å²) in [7, 11) is -2.90. The van der Waals surface area contributed by atoms with Gasteiger partial charge in [0.25, 0.3) is 0 Å². The molecule has 0 aromatic heterocycles. The molecule has 5 heteroatoms. The van der Waals surface area contributed by atoms with E-state index < -0.39 is 15.9 Å². The third-order valence-corrected chi connectivity index (χ3v) is 4.20. The molecule has 1 N–H and O–H groups in total. The van der Waals surface area contributed by atoms with Crippen LogP contribution < -0.4 is 0 Å². The van der Waals surface area contributed by atoms with Crippen molar-refractivity contribution in [3.8, 4) is 0 Å². The van der Waals surface area contributed by atoms with Gasteiger partial charge < -0.3 is 9.84 Å². The first kappa shape index (κ1) is 13.9. The number of hydrogen-bond donors (Lipinski definition) is 1. The average Bonchev–Trinajstić information content (AvgIpc) is 2.63. The van der Waals surface area contributed by atoms with E-state index in [-0.39, 0.29) is 17.8 Å². The lowest BCUT2D eigenvalue weighted by molar-refractivity contribution is 0.0277. The maximum Gasteiger partial charge on any atom is 0.147 e. The van der Waals surface area contributed by atoms with E-state index in [0.717, 1.165) is 12.8 Å². The van der Waals surface area contributed by atoms with E-state index >= 15 is 0 Å². The highest BCUT2D eigenvalue weighted by molar-refractivity contribution is 7.90. The van der Waals surface area contributed by atoms with Gasteiger partial charge in [0.15, 0.2) is 0 Å². The predicted molar refractivity (Wildman–Crippen MR) is 63.1 cm³/mol. The van der Waals surface area contributed by atoms with Crippen molar-refractivity contribution in [3.63, 3.8) is 0 Å². The monoisotopic (exact) mass is 250 g/mol. The van der Waals surface area contributed by atoms with Crippen molar-refractivity contribution in [3.05, 3.63) is 0 Å². The van der Waals surface area contributed by atoms with Crippen LogP contribution in [0.5, 0.6) is 0 Å². The molecule has 0 saturated carbocycles. The molecule has 1 rings (SSSR count). The quantitative estimate of drug-likeness (QED) is 0.763. The summed E-state index contributed by atoms with van der Waals surface area (Å²) in [6.07, 6.45) is 3.84. The summed E-state index contributed by atoms with van der Waals surface area (Å²) in [6, 6.07) is 0. The van der Waals surface area contributed by atoms with Crippen molar-refractivity contribution in [1.82, 2.24) is 0 Å². The predicted octanol–water partition coefficient (Wildman–Crippen LogP) is 0.987. The van der Waals surface area contributed by atoms with E-state index in [9.17, 15) is 13.5 Å². The van der Waals surface area contributed by atoms with Crippen molar-refractivity contribution in [2.24, 2.45) is 5.92 Å². The molecular formula is C11H22O4S. The van der Waals surface area contributed by atoms with Gasteiger partial charge in [0, 0.05) is 24.5 Å². The van der Waals surface area contributed by atoms with Crippen molar-refractivity contribution >= 4 is 9.84 Å². The molecule has 0 aromatic carbocycles. The summed E-state index contributed by atoms with van der Waals surface area (Å²) >= 11 is 0. The topological polar surface area (TPSA) is 63.6 Å². The van der Waals surface area contributed by atoms with Crippen molar-refractivity contribution in [2.45, 2.75) is 44.8 Å². The molecule has 0 radical (unpaired) electrons. The zero-order valence-electron chi connectivity index (χ0n) is 10.1. The average molecular weight is 250 g/mol. The van der Waals surface area contributed by atoms with Crippen LogP contribution in [0.4, 0.5) is 0 Å². The second-order valence-electron chi connectivity index (χ2n) is 4.61. The zero-order chi connectivity index (χ0) is 12.2. The van der Waals surface area contributed by atoms with Crippen LogP contribution in [-0.4, -0.2) is 44.3 Å². The fraction of sp³-hybridized carbons (Fsp3) is 1.00. The van der Waals surface area contributed by atoms with E-state index in [1.54, 1.807) is 0 Å². The molecule has 1 fully saturated rings. The maximum atomic E-state index is 10.9. The molecule has 1 saturated heterocycles. The smallest absolute Gasteiger partial charge is 0.147 e. The molecule has 1 aliphatic heterocycles. The normalized spacial score (nSPS) is 28.2. The van der Waals surface area contributed by atoms with E-state index in [2.05, 4.69) is 0 Å². The van der Waals surface area contributed by atoms with Crippen molar-refractivity contribution in [2.75, 3.05) is 18.6 Å². The molecule has 16 heavy (non-hydrogen) atoms. The molecule has 0 aliphatic carbocycles. The first-order chi connectivity index (χ1) is 7.44. The second kappa shape index (κ2) is 5.98. The molecule has 3 atom stereocenters. The minimum Gasteiger partial charge on any atom is -0.393 e. The van der Waals surface area contributed by atoms with Crippen LogP contribution in [0, 0.1) is 5.92 Å². The van der Waals surface area contributed by atoms with Gasteiger partial charge in [-0.25, -0.2) is 8.42 Å². The molecule has 1 heterocycles. The Morgan fingerprint density at radius 3 is 2.75 bits per heavy atom. The van der Waals surface area contributed by atoms with E-state index in [1.807, 2.05) is 6.92 Å². The minimum absolute atomic E-state index is 0.147. The number of aliphatic hydroxyl groups excluding tert-OH is 1. The van der Waals surface area contributed by atoms with Gasteiger partial charge >= 0.3 is 0 Å². The molecule has 0 aromatic rings. The van der Waals surface area contributed by atoms with Crippen LogP contribution in [0.1, 0.15) is 32.6 Å². The molecule has 96 valence electrons. The van der Waals surface area contributed by atoms with Crippen LogP contribution in [0.25, 0.3) is 0 Å². The Labute approximate surface area is 97.9 Å². The number of rotatable bonds is 6. The van der Waals surface area contributed by atoms with Crippen molar-refractivity contribution < 1.29 is 18.3 Å². The number of hydrogen-bond acceptors (Lipinski definition) is 4. The Morgan fingerprint density at radius 1 is 1.50 bits per heavy atom. The Hall–Kier alpha value is -0.130. The van der Waals surface area contributed by atoms with Gasteiger partial charge in [-0.3, -0.25) is 0 Å². The summed E-state index contributed by atoms with van der Waals surface area (Å²) in [5.41, 5.74) is 0. The number of ether oxygens (including phenoxy) is 1. The van der Waals surface area contributed by atoms with Gasteiger partial charge in [0.1, 0.15) is 9.84 Å². The highest BCUT2D eigenvalue weighted by Crippen LogP contribution is 2.28. The number of aliphatic hydroxyl groups is 1. The van der Waals surface area contributed by atoms with E-state index in [1.165, 1.54) is 6.26 Å². The third kappa shape index (κ3) is 4.39. The summed E-state index contributed by atoms with van der Waals surface area (Å²) in [5.74, 6) is 0.346. The van der Waals surface area contributed by atoms with E-state index in [4.69, 9.17) is 4.74 Å². The molecule has 0 amide bonds. The van der Waals surface area contributed by atoms with Crippen LogP contribution in [0.15, 0.2) is 0 Å². The first-order valence-corrected chi connectivity index (χ1v) is 7.97. The lowest BCUT2D eigenvalue weighted by Crippen LogP contribution is -2.28. The van der Waals surface area contributed by atoms with Crippen molar-refractivity contribution in [1.29, 1.82) is 0 Å². The van der Waals surface area contributed by atoms with Gasteiger partial charge in [-0.2, -0.15) is 0 Å². The molecule has 4 nitrogen and oxygen atoms in total. The lowest BCUT2D eigenvalue weighted by atomic mass is 9.91. The Balaban J connectivity index is 2.32. The van der Waals surface area contributed by atoms with E-state index in [0.29, 0.717) is 19.4 Å². The van der Waals surface area contributed by atoms with Crippen LogP contribution >= 0.6 is 0 Å². The molecule has 0 bridgehead atoms. The van der Waals surface area contributed by atoms with Gasteiger partial charge in [0.2, 0.25) is 0 Å². The van der Waals surface area contributed by atoms with Gasteiger partial charge in [-0.15, -0.1) is 0 Å². The van der Waals surface area contributed by atoms with Gasteiger partial charge in [-0.1, -0.05) is 6.92 Å².